The first-order valence-electron chi connectivity index (χ1n) is 5.07. The molecule has 88 valence electrons. The van der Waals surface area contributed by atoms with E-state index in [1.165, 1.54) is 6.92 Å². The maximum Gasteiger partial charge on any atom is 0.216 e. The Morgan fingerprint density at radius 2 is 2.00 bits per heavy atom. The largest absolute Gasteiger partial charge is 0.356 e. The molecule has 5 heteroatoms. The van der Waals surface area contributed by atoms with Gasteiger partial charge in [0.2, 0.25) is 5.91 Å². The standard InChI is InChI=1S/C10H20N2O2S/c1-8(13)10(11-3)7-15-6-4-5-12-9(2)14/h10-11H,4-7H2,1-3H3,(H,12,14). The highest BCUT2D eigenvalue weighted by molar-refractivity contribution is 7.99. The van der Waals surface area contributed by atoms with E-state index in [-0.39, 0.29) is 17.7 Å². The molecule has 0 fully saturated rings. The highest BCUT2D eigenvalue weighted by Crippen LogP contribution is 2.05. The first-order chi connectivity index (χ1) is 7.07. The number of nitrogens with one attached hydrogen (secondary N) is 2. The fraction of sp³-hybridized carbons (Fsp3) is 0.800. The molecule has 1 unspecified atom stereocenters. The summed E-state index contributed by atoms with van der Waals surface area (Å²) >= 11 is 1.73. The van der Waals surface area contributed by atoms with Crippen molar-refractivity contribution in [3.05, 3.63) is 0 Å². The van der Waals surface area contributed by atoms with E-state index in [1.807, 2.05) is 0 Å². The summed E-state index contributed by atoms with van der Waals surface area (Å²) in [7, 11) is 1.80. The summed E-state index contributed by atoms with van der Waals surface area (Å²) in [6.45, 7) is 3.82. The third-order valence-electron chi connectivity index (χ3n) is 1.96. The maximum atomic E-state index is 11.1. The van der Waals surface area contributed by atoms with Gasteiger partial charge in [0.1, 0.15) is 5.78 Å². The Morgan fingerprint density at radius 1 is 1.33 bits per heavy atom. The number of ketones is 1. The predicted octanol–water partition coefficient (Wildman–Crippen LogP) is 0.423. The number of carbonyl (C=O) groups excluding carboxylic acids is 2. The Kier molecular flexibility index (Phi) is 8.41. The van der Waals surface area contributed by atoms with Crippen LogP contribution in [0.15, 0.2) is 0 Å². The van der Waals surface area contributed by atoms with Crippen molar-refractivity contribution in [3.8, 4) is 0 Å². The number of Topliss-reactive ketones (excluding diaryl/α,β-unsaturated/α-hetero) is 1. The van der Waals surface area contributed by atoms with Crippen molar-refractivity contribution in [2.24, 2.45) is 0 Å². The first kappa shape index (κ1) is 14.5. The van der Waals surface area contributed by atoms with Crippen LogP contribution < -0.4 is 10.6 Å². The van der Waals surface area contributed by atoms with Gasteiger partial charge in [0.25, 0.3) is 0 Å². The molecule has 0 aliphatic heterocycles. The highest BCUT2D eigenvalue weighted by atomic mass is 32.2. The zero-order valence-corrected chi connectivity index (χ0v) is 10.4. The minimum absolute atomic E-state index is 0.0110. The van der Waals surface area contributed by atoms with E-state index >= 15 is 0 Å². The van der Waals surface area contributed by atoms with Gasteiger partial charge in [-0.1, -0.05) is 0 Å². The Morgan fingerprint density at radius 3 is 2.47 bits per heavy atom. The molecular weight excluding hydrogens is 212 g/mol. The van der Waals surface area contributed by atoms with Crippen molar-refractivity contribution in [1.29, 1.82) is 0 Å². The van der Waals surface area contributed by atoms with Gasteiger partial charge in [0, 0.05) is 19.2 Å². The Balaban J connectivity index is 3.37. The third kappa shape index (κ3) is 8.44. The summed E-state index contributed by atoms with van der Waals surface area (Å²) in [4.78, 5) is 21.6. The van der Waals surface area contributed by atoms with Crippen LogP contribution in [0.3, 0.4) is 0 Å². The Bertz CT molecular complexity index is 210. The zero-order chi connectivity index (χ0) is 11.7. The fourth-order valence-electron chi connectivity index (χ4n) is 1.04. The molecule has 0 aliphatic rings. The molecule has 0 rings (SSSR count). The number of carbonyl (C=O) groups is 2. The van der Waals surface area contributed by atoms with Crippen LogP contribution in [0.2, 0.25) is 0 Å². The van der Waals surface area contributed by atoms with Crippen molar-refractivity contribution >= 4 is 23.5 Å². The molecule has 0 saturated heterocycles. The third-order valence-corrected chi connectivity index (χ3v) is 3.11. The van der Waals surface area contributed by atoms with Crippen molar-refractivity contribution in [2.75, 3.05) is 25.1 Å². The topological polar surface area (TPSA) is 58.2 Å². The van der Waals surface area contributed by atoms with Gasteiger partial charge in [-0.2, -0.15) is 11.8 Å². The summed E-state index contributed by atoms with van der Waals surface area (Å²) < 4.78 is 0. The number of likely N-dealkylation sites (N-methyl/N-ethyl adjacent to an activating group) is 1. The number of thioether (sulfide) groups is 1. The van der Waals surface area contributed by atoms with Gasteiger partial charge in [-0.25, -0.2) is 0 Å². The summed E-state index contributed by atoms with van der Waals surface area (Å²) in [6, 6.07) is -0.0456. The van der Waals surface area contributed by atoms with Crippen LogP contribution in [0, 0.1) is 0 Å². The van der Waals surface area contributed by atoms with Crippen LogP contribution in [-0.2, 0) is 9.59 Å². The second-order valence-corrected chi connectivity index (χ2v) is 4.51. The average molecular weight is 232 g/mol. The number of amides is 1. The Hall–Kier alpha value is -0.550. The Labute approximate surface area is 95.6 Å². The lowest BCUT2D eigenvalue weighted by molar-refractivity contribution is -0.119. The van der Waals surface area contributed by atoms with Gasteiger partial charge in [0.15, 0.2) is 0 Å². The van der Waals surface area contributed by atoms with Crippen LogP contribution in [0.5, 0.6) is 0 Å². The van der Waals surface area contributed by atoms with Gasteiger partial charge in [-0.05, 0) is 26.1 Å². The second-order valence-electron chi connectivity index (χ2n) is 3.36. The van der Waals surface area contributed by atoms with Gasteiger partial charge < -0.3 is 10.6 Å². The summed E-state index contributed by atoms with van der Waals surface area (Å²) in [5, 5.41) is 5.71. The molecule has 0 aromatic carbocycles. The van der Waals surface area contributed by atoms with E-state index in [0.29, 0.717) is 6.54 Å². The lowest BCUT2D eigenvalue weighted by atomic mass is 10.2. The molecule has 0 radical (unpaired) electrons. The van der Waals surface area contributed by atoms with Crippen LogP contribution in [0.25, 0.3) is 0 Å². The molecule has 0 aromatic heterocycles. The van der Waals surface area contributed by atoms with Gasteiger partial charge in [-0.3, -0.25) is 9.59 Å². The van der Waals surface area contributed by atoms with E-state index in [1.54, 1.807) is 25.7 Å². The number of hydrogen-bond acceptors (Lipinski definition) is 4. The smallest absolute Gasteiger partial charge is 0.216 e. The normalized spacial score (nSPS) is 12.2. The van der Waals surface area contributed by atoms with E-state index in [4.69, 9.17) is 0 Å². The lowest BCUT2D eigenvalue weighted by Crippen LogP contribution is -2.34. The van der Waals surface area contributed by atoms with E-state index in [0.717, 1.165) is 17.9 Å². The predicted molar refractivity (Wildman–Crippen MR) is 64.2 cm³/mol. The minimum atomic E-state index is -0.0456. The van der Waals surface area contributed by atoms with Crippen molar-refractivity contribution in [3.63, 3.8) is 0 Å². The molecule has 4 nitrogen and oxygen atoms in total. The monoisotopic (exact) mass is 232 g/mol. The summed E-state index contributed by atoms with van der Waals surface area (Å²) in [5.41, 5.74) is 0. The molecule has 0 aromatic rings. The molecule has 1 atom stereocenters. The van der Waals surface area contributed by atoms with Crippen molar-refractivity contribution in [1.82, 2.24) is 10.6 Å². The van der Waals surface area contributed by atoms with Gasteiger partial charge in [-0.15, -0.1) is 0 Å². The second kappa shape index (κ2) is 8.73. The van der Waals surface area contributed by atoms with E-state index in [2.05, 4.69) is 10.6 Å². The molecule has 0 bridgehead atoms. The SMILES string of the molecule is CNC(CSCCCNC(C)=O)C(C)=O. The summed E-state index contributed by atoms with van der Waals surface area (Å²) in [6.07, 6.45) is 0.943. The molecule has 2 N–H and O–H groups in total. The molecule has 0 saturated carbocycles. The number of hydrogen-bond donors (Lipinski definition) is 2. The minimum Gasteiger partial charge on any atom is -0.356 e. The van der Waals surface area contributed by atoms with E-state index < -0.39 is 0 Å². The zero-order valence-electron chi connectivity index (χ0n) is 9.63. The summed E-state index contributed by atoms with van der Waals surface area (Å²) in [5.74, 6) is 1.95. The number of rotatable bonds is 8. The maximum absolute atomic E-state index is 11.1. The van der Waals surface area contributed by atoms with E-state index in [9.17, 15) is 9.59 Å². The average Bonchev–Trinajstić information content (AvgIpc) is 2.15. The molecular formula is C10H20N2O2S. The van der Waals surface area contributed by atoms with Crippen LogP contribution in [0.1, 0.15) is 20.3 Å². The molecule has 0 heterocycles. The highest BCUT2D eigenvalue weighted by Gasteiger charge is 2.10. The van der Waals surface area contributed by atoms with Crippen LogP contribution in [-0.4, -0.2) is 42.8 Å². The van der Waals surface area contributed by atoms with Gasteiger partial charge in [0.05, 0.1) is 6.04 Å². The molecule has 0 spiro atoms. The molecule has 1 amide bonds. The molecule has 15 heavy (non-hydrogen) atoms. The first-order valence-corrected chi connectivity index (χ1v) is 6.23. The fourth-order valence-corrected chi connectivity index (χ4v) is 2.20. The van der Waals surface area contributed by atoms with Gasteiger partial charge >= 0.3 is 0 Å². The molecule has 0 aliphatic carbocycles. The van der Waals surface area contributed by atoms with Crippen LogP contribution in [0.4, 0.5) is 0 Å². The van der Waals surface area contributed by atoms with Crippen molar-refractivity contribution in [2.45, 2.75) is 26.3 Å². The lowest BCUT2D eigenvalue weighted by Gasteiger charge is -2.11. The quantitative estimate of drug-likeness (QED) is 0.596. The van der Waals surface area contributed by atoms with Crippen molar-refractivity contribution < 1.29 is 9.59 Å². The van der Waals surface area contributed by atoms with Crippen LogP contribution >= 0.6 is 11.8 Å².